The van der Waals surface area contributed by atoms with E-state index in [1.807, 2.05) is 6.07 Å². The Labute approximate surface area is 108 Å². The van der Waals surface area contributed by atoms with Gasteiger partial charge in [0.2, 0.25) is 5.95 Å². The molecule has 1 aromatic heterocycles. The summed E-state index contributed by atoms with van der Waals surface area (Å²) in [4.78, 5) is 18.4. The van der Waals surface area contributed by atoms with Crippen LogP contribution in [0.5, 0.6) is 0 Å². The standard InChI is InChI=1S/C12H9N5O2/c13-5-8-9(16-12(15)17-10(8)14)6-1-3-7(4-2-6)11(18)19/h1-4H,(H,18,19)(H4,14,15,16,17). The van der Waals surface area contributed by atoms with E-state index in [1.54, 1.807) is 0 Å². The van der Waals surface area contributed by atoms with Crippen molar-refractivity contribution in [2.24, 2.45) is 0 Å². The van der Waals surface area contributed by atoms with E-state index in [1.165, 1.54) is 24.3 Å². The van der Waals surface area contributed by atoms with Crippen molar-refractivity contribution in [1.82, 2.24) is 9.97 Å². The zero-order chi connectivity index (χ0) is 14.0. The third-order valence-corrected chi connectivity index (χ3v) is 2.47. The van der Waals surface area contributed by atoms with E-state index in [9.17, 15) is 4.79 Å². The first-order valence-electron chi connectivity index (χ1n) is 5.19. The quantitative estimate of drug-likeness (QED) is 0.723. The highest BCUT2D eigenvalue weighted by atomic mass is 16.4. The molecule has 0 unspecified atom stereocenters. The van der Waals surface area contributed by atoms with Crippen LogP contribution < -0.4 is 11.5 Å². The van der Waals surface area contributed by atoms with E-state index in [0.29, 0.717) is 5.56 Å². The maximum absolute atomic E-state index is 10.8. The lowest BCUT2D eigenvalue weighted by Crippen LogP contribution is -2.05. The Morgan fingerprint density at radius 1 is 1.21 bits per heavy atom. The highest BCUT2D eigenvalue weighted by Crippen LogP contribution is 2.25. The largest absolute Gasteiger partial charge is 0.478 e. The summed E-state index contributed by atoms with van der Waals surface area (Å²) in [5, 5.41) is 17.9. The summed E-state index contributed by atoms with van der Waals surface area (Å²) in [5.41, 5.74) is 12.2. The summed E-state index contributed by atoms with van der Waals surface area (Å²) in [7, 11) is 0. The molecule has 0 amide bonds. The molecule has 0 aliphatic heterocycles. The van der Waals surface area contributed by atoms with Crippen molar-refractivity contribution in [2.75, 3.05) is 11.5 Å². The number of hydrogen-bond acceptors (Lipinski definition) is 6. The summed E-state index contributed by atoms with van der Waals surface area (Å²) in [6.07, 6.45) is 0. The van der Waals surface area contributed by atoms with Gasteiger partial charge < -0.3 is 16.6 Å². The molecule has 94 valence electrons. The van der Waals surface area contributed by atoms with Gasteiger partial charge in [-0.15, -0.1) is 0 Å². The smallest absolute Gasteiger partial charge is 0.335 e. The Hall–Kier alpha value is -3.14. The van der Waals surface area contributed by atoms with Crippen LogP contribution in [0.1, 0.15) is 15.9 Å². The van der Waals surface area contributed by atoms with E-state index >= 15 is 0 Å². The van der Waals surface area contributed by atoms with Gasteiger partial charge in [0, 0.05) is 5.56 Å². The van der Waals surface area contributed by atoms with Crippen LogP contribution in [0.2, 0.25) is 0 Å². The van der Waals surface area contributed by atoms with E-state index < -0.39 is 5.97 Å². The Morgan fingerprint density at radius 3 is 2.37 bits per heavy atom. The lowest BCUT2D eigenvalue weighted by molar-refractivity contribution is 0.0697. The van der Waals surface area contributed by atoms with Crippen molar-refractivity contribution in [3.63, 3.8) is 0 Å². The number of anilines is 2. The highest BCUT2D eigenvalue weighted by Gasteiger charge is 2.13. The van der Waals surface area contributed by atoms with Crippen molar-refractivity contribution in [3.8, 4) is 17.3 Å². The number of nitriles is 1. The fraction of sp³-hybridized carbons (Fsp3) is 0. The van der Waals surface area contributed by atoms with Crippen LogP contribution in [-0.4, -0.2) is 21.0 Å². The van der Waals surface area contributed by atoms with Gasteiger partial charge in [-0.2, -0.15) is 10.2 Å². The highest BCUT2D eigenvalue weighted by molar-refractivity contribution is 5.88. The van der Waals surface area contributed by atoms with E-state index in [4.69, 9.17) is 21.8 Å². The van der Waals surface area contributed by atoms with E-state index in [0.717, 1.165) is 0 Å². The molecular weight excluding hydrogens is 246 g/mol. The lowest BCUT2D eigenvalue weighted by atomic mass is 10.1. The molecule has 2 rings (SSSR count). The molecule has 0 atom stereocenters. The normalized spacial score (nSPS) is 9.84. The Kier molecular flexibility index (Phi) is 3.00. The second-order valence-corrected chi connectivity index (χ2v) is 3.68. The fourth-order valence-corrected chi connectivity index (χ4v) is 1.59. The second-order valence-electron chi connectivity index (χ2n) is 3.68. The van der Waals surface area contributed by atoms with Crippen LogP contribution in [-0.2, 0) is 0 Å². The number of aromatic nitrogens is 2. The monoisotopic (exact) mass is 255 g/mol. The van der Waals surface area contributed by atoms with Crippen molar-refractivity contribution in [3.05, 3.63) is 35.4 Å². The molecule has 0 spiro atoms. The molecule has 0 saturated carbocycles. The number of rotatable bonds is 2. The number of nitrogens with zero attached hydrogens (tertiary/aromatic N) is 3. The fourth-order valence-electron chi connectivity index (χ4n) is 1.59. The molecule has 19 heavy (non-hydrogen) atoms. The number of nitrogen functional groups attached to an aromatic ring is 2. The molecular formula is C12H9N5O2. The topological polar surface area (TPSA) is 139 Å². The number of carboxylic acids is 1. The molecule has 1 heterocycles. The molecule has 0 aliphatic rings. The van der Waals surface area contributed by atoms with Crippen molar-refractivity contribution >= 4 is 17.7 Å². The Balaban J connectivity index is 2.59. The first-order valence-corrected chi connectivity index (χ1v) is 5.19. The molecule has 1 aromatic carbocycles. The van der Waals surface area contributed by atoms with Crippen LogP contribution >= 0.6 is 0 Å². The van der Waals surface area contributed by atoms with Crippen LogP contribution in [0.25, 0.3) is 11.3 Å². The first-order chi connectivity index (χ1) is 9.02. The number of hydrogen-bond donors (Lipinski definition) is 3. The Bertz CT molecular complexity index is 689. The summed E-state index contributed by atoms with van der Waals surface area (Å²) in [6, 6.07) is 7.79. The van der Waals surface area contributed by atoms with Crippen LogP contribution in [0.3, 0.4) is 0 Å². The molecule has 0 radical (unpaired) electrons. The van der Waals surface area contributed by atoms with E-state index in [2.05, 4.69) is 9.97 Å². The van der Waals surface area contributed by atoms with Gasteiger partial charge in [0.15, 0.2) is 0 Å². The predicted molar refractivity (Wildman–Crippen MR) is 68.0 cm³/mol. The maximum atomic E-state index is 10.8. The van der Waals surface area contributed by atoms with Crippen molar-refractivity contribution in [1.29, 1.82) is 5.26 Å². The molecule has 0 aliphatic carbocycles. The maximum Gasteiger partial charge on any atom is 0.335 e. The SMILES string of the molecule is N#Cc1c(N)nc(N)nc1-c1ccc(C(=O)O)cc1. The van der Waals surface area contributed by atoms with Gasteiger partial charge in [0.25, 0.3) is 0 Å². The summed E-state index contributed by atoms with van der Waals surface area (Å²) in [6.45, 7) is 0. The minimum Gasteiger partial charge on any atom is -0.478 e. The van der Waals surface area contributed by atoms with Crippen molar-refractivity contribution < 1.29 is 9.90 Å². The summed E-state index contributed by atoms with van der Waals surface area (Å²) < 4.78 is 0. The molecule has 7 heteroatoms. The summed E-state index contributed by atoms with van der Waals surface area (Å²) in [5.74, 6) is -1.09. The lowest BCUT2D eigenvalue weighted by Gasteiger charge is -2.06. The van der Waals surface area contributed by atoms with Gasteiger partial charge in [-0.3, -0.25) is 0 Å². The van der Waals surface area contributed by atoms with Crippen LogP contribution in [0.15, 0.2) is 24.3 Å². The predicted octanol–water partition coefficient (Wildman–Crippen LogP) is 0.878. The first kappa shape index (κ1) is 12.3. The Morgan fingerprint density at radius 2 is 1.84 bits per heavy atom. The van der Waals surface area contributed by atoms with Gasteiger partial charge in [0.05, 0.1) is 11.3 Å². The molecule has 0 fully saturated rings. The average molecular weight is 255 g/mol. The zero-order valence-corrected chi connectivity index (χ0v) is 9.66. The van der Waals surface area contributed by atoms with Crippen LogP contribution in [0, 0.1) is 11.3 Å². The van der Waals surface area contributed by atoms with Crippen LogP contribution in [0.4, 0.5) is 11.8 Å². The van der Waals surface area contributed by atoms with Crippen molar-refractivity contribution in [2.45, 2.75) is 0 Å². The van der Waals surface area contributed by atoms with Gasteiger partial charge in [0.1, 0.15) is 17.5 Å². The number of aromatic carboxylic acids is 1. The molecule has 0 bridgehead atoms. The minimum atomic E-state index is -1.03. The van der Waals surface area contributed by atoms with Gasteiger partial charge in [-0.25, -0.2) is 9.78 Å². The summed E-state index contributed by atoms with van der Waals surface area (Å²) >= 11 is 0. The third-order valence-electron chi connectivity index (χ3n) is 2.47. The average Bonchev–Trinajstić information content (AvgIpc) is 2.38. The second kappa shape index (κ2) is 4.62. The van der Waals surface area contributed by atoms with E-state index in [-0.39, 0.29) is 28.6 Å². The number of benzene rings is 1. The molecule has 0 saturated heterocycles. The third kappa shape index (κ3) is 2.28. The van der Waals surface area contributed by atoms with Gasteiger partial charge in [-0.05, 0) is 12.1 Å². The molecule has 7 nitrogen and oxygen atoms in total. The van der Waals surface area contributed by atoms with Gasteiger partial charge >= 0.3 is 5.97 Å². The number of carboxylic acid groups (broad SMARTS) is 1. The minimum absolute atomic E-state index is 0.00712. The molecule has 2 aromatic rings. The zero-order valence-electron chi connectivity index (χ0n) is 9.66. The van der Waals surface area contributed by atoms with Gasteiger partial charge in [-0.1, -0.05) is 12.1 Å². The molecule has 5 N–H and O–H groups in total. The number of nitrogens with two attached hydrogens (primary N) is 2. The number of carbonyl (C=O) groups is 1.